The summed E-state index contributed by atoms with van der Waals surface area (Å²) in [6.07, 6.45) is 0.840. The summed E-state index contributed by atoms with van der Waals surface area (Å²) in [6, 6.07) is 1.07. The third-order valence-corrected chi connectivity index (χ3v) is 4.66. The summed E-state index contributed by atoms with van der Waals surface area (Å²) < 4.78 is 15.6. The summed E-state index contributed by atoms with van der Waals surface area (Å²) in [5.74, 6) is 0. The largest absolute Gasteiger partial charge is 0.420 e. The van der Waals surface area contributed by atoms with Gasteiger partial charge in [-0.05, 0) is 25.6 Å². The fourth-order valence-electron chi connectivity index (χ4n) is 0.899. The second kappa shape index (κ2) is 5.69. The molecule has 4 heteroatoms. The van der Waals surface area contributed by atoms with Crippen molar-refractivity contribution < 1.29 is 13.9 Å². The van der Waals surface area contributed by atoms with Crippen molar-refractivity contribution in [1.82, 2.24) is 0 Å². The van der Waals surface area contributed by atoms with E-state index in [0.29, 0.717) is 0 Å². The van der Waals surface area contributed by atoms with Gasteiger partial charge in [-0.3, -0.25) is 0 Å². The van der Waals surface area contributed by atoms with E-state index in [2.05, 4.69) is 13.1 Å². The summed E-state index contributed by atoms with van der Waals surface area (Å²) in [4.78, 5) is 0. The van der Waals surface area contributed by atoms with Crippen LogP contribution in [0.25, 0.3) is 0 Å². The van der Waals surface area contributed by atoms with E-state index in [4.69, 9.17) is 13.9 Å². The highest BCUT2D eigenvalue weighted by atomic mass is 28.4. The standard InChI is InChI=1S/C8H20O3Si/c1-9-8(10-2)6-7-12(4,5)11-3/h8H,6-7H2,1-5H3. The second-order valence-electron chi connectivity index (χ2n) is 3.40. The van der Waals surface area contributed by atoms with Gasteiger partial charge in [0, 0.05) is 21.3 Å². The number of ether oxygens (including phenoxy) is 2. The Kier molecular flexibility index (Phi) is 5.74. The molecule has 12 heavy (non-hydrogen) atoms. The quantitative estimate of drug-likeness (QED) is 0.475. The molecule has 0 heterocycles. The zero-order valence-corrected chi connectivity index (χ0v) is 9.72. The van der Waals surface area contributed by atoms with E-state index in [1.807, 2.05) is 0 Å². The van der Waals surface area contributed by atoms with Crippen LogP contribution in [0.3, 0.4) is 0 Å². The third-order valence-electron chi connectivity index (χ3n) is 2.06. The van der Waals surface area contributed by atoms with Crippen molar-refractivity contribution in [2.45, 2.75) is 31.8 Å². The molecule has 0 fully saturated rings. The lowest BCUT2D eigenvalue weighted by atomic mass is 10.5. The highest BCUT2D eigenvalue weighted by Gasteiger charge is 2.22. The van der Waals surface area contributed by atoms with Crippen LogP contribution in [-0.4, -0.2) is 35.9 Å². The van der Waals surface area contributed by atoms with Crippen LogP contribution in [-0.2, 0) is 13.9 Å². The fraction of sp³-hybridized carbons (Fsp3) is 1.00. The predicted molar refractivity (Wildman–Crippen MR) is 51.7 cm³/mol. The zero-order chi connectivity index (χ0) is 9.61. The summed E-state index contributed by atoms with van der Waals surface area (Å²) >= 11 is 0. The van der Waals surface area contributed by atoms with Gasteiger partial charge < -0.3 is 13.9 Å². The lowest BCUT2D eigenvalue weighted by molar-refractivity contribution is -0.103. The molecule has 0 amide bonds. The van der Waals surface area contributed by atoms with Gasteiger partial charge in [0.15, 0.2) is 14.6 Å². The molecule has 0 saturated heterocycles. The van der Waals surface area contributed by atoms with Gasteiger partial charge in [-0.1, -0.05) is 0 Å². The molecule has 0 spiro atoms. The molecule has 0 saturated carbocycles. The Hall–Kier alpha value is 0.0969. The van der Waals surface area contributed by atoms with Crippen LogP contribution in [0.5, 0.6) is 0 Å². The van der Waals surface area contributed by atoms with Gasteiger partial charge >= 0.3 is 0 Å². The van der Waals surface area contributed by atoms with E-state index in [1.54, 1.807) is 21.3 Å². The van der Waals surface area contributed by atoms with Crippen molar-refractivity contribution in [3.63, 3.8) is 0 Å². The van der Waals surface area contributed by atoms with Crippen molar-refractivity contribution in [3.05, 3.63) is 0 Å². The van der Waals surface area contributed by atoms with Gasteiger partial charge in [-0.2, -0.15) is 0 Å². The Morgan fingerprint density at radius 2 is 1.58 bits per heavy atom. The van der Waals surface area contributed by atoms with Crippen LogP contribution < -0.4 is 0 Å². The third kappa shape index (κ3) is 4.87. The molecule has 0 rings (SSSR count). The maximum absolute atomic E-state index is 5.40. The van der Waals surface area contributed by atoms with Gasteiger partial charge in [-0.15, -0.1) is 0 Å². The van der Waals surface area contributed by atoms with E-state index >= 15 is 0 Å². The summed E-state index contributed by atoms with van der Waals surface area (Å²) in [5.41, 5.74) is 0. The zero-order valence-electron chi connectivity index (χ0n) is 8.72. The van der Waals surface area contributed by atoms with Crippen molar-refractivity contribution in [2.24, 2.45) is 0 Å². The van der Waals surface area contributed by atoms with Crippen molar-refractivity contribution in [3.8, 4) is 0 Å². The van der Waals surface area contributed by atoms with Crippen LogP contribution >= 0.6 is 0 Å². The molecule has 0 aromatic rings. The lowest BCUT2D eigenvalue weighted by Gasteiger charge is -2.22. The fourth-order valence-corrected chi connectivity index (χ4v) is 2.03. The molecule has 0 aliphatic rings. The first-order chi connectivity index (χ1) is 5.55. The molecular weight excluding hydrogens is 172 g/mol. The molecule has 0 bridgehead atoms. The summed E-state index contributed by atoms with van der Waals surface area (Å²) in [5, 5.41) is 0. The Balaban J connectivity index is 3.65. The average molecular weight is 192 g/mol. The Labute approximate surface area is 76.1 Å². The molecule has 74 valence electrons. The molecule has 0 aliphatic heterocycles. The van der Waals surface area contributed by atoms with Gasteiger partial charge in [0.25, 0.3) is 0 Å². The maximum atomic E-state index is 5.40. The van der Waals surface area contributed by atoms with E-state index < -0.39 is 8.32 Å². The van der Waals surface area contributed by atoms with Gasteiger partial charge in [0.1, 0.15) is 0 Å². The average Bonchev–Trinajstić information content (AvgIpc) is 2.06. The molecule has 0 N–H and O–H groups in total. The number of methoxy groups -OCH3 is 2. The summed E-state index contributed by atoms with van der Waals surface area (Å²) in [6.45, 7) is 4.38. The Morgan fingerprint density at radius 3 is 1.92 bits per heavy atom. The monoisotopic (exact) mass is 192 g/mol. The molecule has 0 aromatic carbocycles. The Bertz CT molecular complexity index is 113. The normalized spacial score (nSPS) is 12.5. The summed E-state index contributed by atoms with van der Waals surface area (Å²) in [7, 11) is 3.67. The molecule has 0 unspecified atom stereocenters. The molecule has 0 aliphatic carbocycles. The minimum atomic E-state index is -1.43. The molecular formula is C8H20O3Si. The van der Waals surface area contributed by atoms with E-state index in [1.165, 1.54) is 0 Å². The second-order valence-corrected chi connectivity index (χ2v) is 7.83. The minimum absolute atomic E-state index is 0.0769. The molecule has 0 atom stereocenters. The minimum Gasteiger partial charge on any atom is -0.420 e. The predicted octanol–water partition coefficient (Wildman–Crippen LogP) is 1.85. The van der Waals surface area contributed by atoms with Crippen LogP contribution in [0.2, 0.25) is 19.1 Å². The maximum Gasteiger partial charge on any atom is 0.186 e. The number of rotatable bonds is 6. The topological polar surface area (TPSA) is 27.7 Å². The SMILES string of the molecule is COC(CC[Si](C)(C)OC)OC. The van der Waals surface area contributed by atoms with Gasteiger partial charge in [0.05, 0.1) is 0 Å². The van der Waals surface area contributed by atoms with Crippen LogP contribution in [0.1, 0.15) is 6.42 Å². The first kappa shape index (κ1) is 12.1. The lowest BCUT2D eigenvalue weighted by Crippen LogP contribution is -2.30. The van der Waals surface area contributed by atoms with Crippen molar-refractivity contribution >= 4 is 8.32 Å². The Morgan fingerprint density at radius 1 is 1.08 bits per heavy atom. The van der Waals surface area contributed by atoms with Crippen LogP contribution in [0, 0.1) is 0 Å². The van der Waals surface area contributed by atoms with Crippen molar-refractivity contribution in [2.75, 3.05) is 21.3 Å². The van der Waals surface area contributed by atoms with E-state index in [0.717, 1.165) is 12.5 Å². The van der Waals surface area contributed by atoms with Gasteiger partial charge in [-0.25, -0.2) is 0 Å². The van der Waals surface area contributed by atoms with E-state index in [9.17, 15) is 0 Å². The first-order valence-corrected chi connectivity index (χ1v) is 7.28. The van der Waals surface area contributed by atoms with E-state index in [-0.39, 0.29) is 6.29 Å². The molecule has 3 nitrogen and oxygen atoms in total. The van der Waals surface area contributed by atoms with Crippen LogP contribution in [0.15, 0.2) is 0 Å². The smallest absolute Gasteiger partial charge is 0.186 e. The highest BCUT2D eigenvalue weighted by Crippen LogP contribution is 2.15. The molecule has 0 radical (unpaired) electrons. The van der Waals surface area contributed by atoms with Crippen LogP contribution in [0.4, 0.5) is 0 Å². The number of hydrogen-bond donors (Lipinski definition) is 0. The highest BCUT2D eigenvalue weighted by molar-refractivity contribution is 6.71. The number of hydrogen-bond acceptors (Lipinski definition) is 3. The van der Waals surface area contributed by atoms with Gasteiger partial charge in [0.2, 0.25) is 0 Å². The molecule has 0 aromatic heterocycles. The first-order valence-electron chi connectivity index (χ1n) is 4.16. The van der Waals surface area contributed by atoms with Crippen molar-refractivity contribution in [1.29, 1.82) is 0 Å².